The predicted octanol–water partition coefficient (Wildman–Crippen LogP) is 3.66. The largest absolute Gasteiger partial charge is 0.416 e. The first kappa shape index (κ1) is 18.5. The van der Waals surface area contributed by atoms with Crippen molar-refractivity contribution >= 4 is 11.5 Å². The van der Waals surface area contributed by atoms with Crippen LogP contribution in [0, 0.1) is 0 Å². The van der Waals surface area contributed by atoms with Gasteiger partial charge in [0.15, 0.2) is 0 Å². The molecule has 3 nitrogen and oxygen atoms in total. The van der Waals surface area contributed by atoms with Gasteiger partial charge in [-0.3, -0.25) is 4.79 Å². The van der Waals surface area contributed by atoms with Crippen molar-refractivity contribution in [1.29, 1.82) is 0 Å². The molecule has 0 radical (unpaired) electrons. The van der Waals surface area contributed by atoms with Crippen molar-refractivity contribution in [3.63, 3.8) is 0 Å². The molecule has 0 aromatic heterocycles. The first-order valence-electron chi connectivity index (χ1n) is 8.00. The van der Waals surface area contributed by atoms with Crippen LogP contribution in [0.15, 0.2) is 30.3 Å². The van der Waals surface area contributed by atoms with Gasteiger partial charge in [-0.05, 0) is 51.1 Å². The van der Waals surface area contributed by atoms with Gasteiger partial charge < -0.3 is 9.80 Å². The van der Waals surface area contributed by atoms with Crippen LogP contribution in [-0.2, 0) is 11.0 Å². The molecule has 1 aromatic carbocycles. The molecule has 1 aliphatic rings. The fraction of sp³-hybridized carbons (Fsp3) is 0.500. The minimum Gasteiger partial charge on any atom is -0.339 e. The molecule has 0 spiro atoms. The number of amides is 1. The lowest BCUT2D eigenvalue weighted by molar-refractivity contribution is -0.137. The van der Waals surface area contributed by atoms with Gasteiger partial charge in [-0.1, -0.05) is 18.2 Å². The second kappa shape index (κ2) is 7.38. The monoisotopic (exact) mass is 340 g/mol. The standard InChI is InChI=1S/C18H23F3N2O/c1-13(15-6-4-5-7-16(15)18(19,20)21)12-17(24)23-10-8-14(9-11-23)22(2)3/h4-7,12,14H,8-11H2,1-3H3. The molecule has 0 aliphatic carbocycles. The quantitative estimate of drug-likeness (QED) is 0.784. The van der Waals surface area contributed by atoms with Crippen molar-refractivity contribution in [3.05, 3.63) is 41.5 Å². The third kappa shape index (κ3) is 4.38. The molecule has 1 aromatic rings. The summed E-state index contributed by atoms with van der Waals surface area (Å²) < 4.78 is 39.3. The van der Waals surface area contributed by atoms with Gasteiger partial charge in [-0.15, -0.1) is 0 Å². The number of likely N-dealkylation sites (tertiary alicyclic amines) is 1. The summed E-state index contributed by atoms with van der Waals surface area (Å²) in [6.45, 7) is 2.81. The highest BCUT2D eigenvalue weighted by molar-refractivity contribution is 5.95. The molecular weight excluding hydrogens is 317 g/mol. The highest BCUT2D eigenvalue weighted by Gasteiger charge is 2.33. The molecule has 6 heteroatoms. The zero-order valence-corrected chi connectivity index (χ0v) is 14.2. The molecule has 0 N–H and O–H groups in total. The smallest absolute Gasteiger partial charge is 0.339 e. The Hall–Kier alpha value is -1.82. The van der Waals surface area contributed by atoms with E-state index in [4.69, 9.17) is 0 Å². The molecule has 24 heavy (non-hydrogen) atoms. The molecule has 2 rings (SSSR count). The van der Waals surface area contributed by atoms with E-state index in [1.54, 1.807) is 17.9 Å². The molecule has 1 heterocycles. The average molecular weight is 340 g/mol. The SMILES string of the molecule is CC(=CC(=O)N1CCC(N(C)C)CC1)c1ccccc1C(F)(F)F. The van der Waals surface area contributed by atoms with E-state index in [1.165, 1.54) is 18.2 Å². The summed E-state index contributed by atoms with van der Waals surface area (Å²) in [4.78, 5) is 16.2. The van der Waals surface area contributed by atoms with Gasteiger partial charge in [0.25, 0.3) is 0 Å². The second-order valence-corrected chi connectivity index (χ2v) is 6.39. The molecule has 0 bridgehead atoms. The molecule has 0 unspecified atom stereocenters. The van der Waals surface area contributed by atoms with Crippen molar-refractivity contribution in [1.82, 2.24) is 9.80 Å². The van der Waals surface area contributed by atoms with E-state index in [0.717, 1.165) is 18.9 Å². The highest BCUT2D eigenvalue weighted by atomic mass is 19.4. The normalized spacial score (nSPS) is 17.5. The zero-order valence-electron chi connectivity index (χ0n) is 14.2. The summed E-state index contributed by atoms with van der Waals surface area (Å²) in [6.07, 6.45) is -1.35. The number of alkyl halides is 3. The van der Waals surface area contributed by atoms with Gasteiger partial charge >= 0.3 is 6.18 Å². The fourth-order valence-corrected chi connectivity index (χ4v) is 3.03. The van der Waals surface area contributed by atoms with Crippen LogP contribution in [0.1, 0.15) is 30.9 Å². The first-order chi connectivity index (χ1) is 11.2. The van der Waals surface area contributed by atoms with E-state index >= 15 is 0 Å². The van der Waals surface area contributed by atoms with E-state index in [-0.39, 0.29) is 11.5 Å². The average Bonchev–Trinajstić information content (AvgIpc) is 2.54. The Morgan fingerprint density at radius 2 is 1.79 bits per heavy atom. The number of benzene rings is 1. The summed E-state index contributed by atoms with van der Waals surface area (Å²) in [7, 11) is 4.03. The lowest BCUT2D eigenvalue weighted by atomic mass is 9.99. The number of allylic oxidation sites excluding steroid dienone is 1. The molecule has 1 fully saturated rings. The van der Waals surface area contributed by atoms with Gasteiger partial charge in [0.2, 0.25) is 5.91 Å². The zero-order chi connectivity index (χ0) is 17.9. The van der Waals surface area contributed by atoms with Crippen LogP contribution in [0.3, 0.4) is 0 Å². The van der Waals surface area contributed by atoms with Crippen LogP contribution in [0.25, 0.3) is 5.57 Å². The summed E-state index contributed by atoms with van der Waals surface area (Å²) in [5, 5.41) is 0. The van der Waals surface area contributed by atoms with Crippen LogP contribution in [0.2, 0.25) is 0 Å². The minimum atomic E-state index is -4.43. The molecule has 1 amide bonds. The second-order valence-electron chi connectivity index (χ2n) is 6.39. The number of halogens is 3. The van der Waals surface area contributed by atoms with E-state index in [0.29, 0.717) is 24.7 Å². The van der Waals surface area contributed by atoms with Crippen molar-refractivity contribution < 1.29 is 18.0 Å². The number of piperidine rings is 1. The molecule has 0 atom stereocenters. The maximum absolute atomic E-state index is 13.1. The lowest BCUT2D eigenvalue weighted by Gasteiger charge is -2.34. The highest BCUT2D eigenvalue weighted by Crippen LogP contribution is 2.34. The van der Waals surface area contributed by atoms with Gasteiger partial charge in [-0.2, -0.15) is 13.2 Å². The predicted molar refractivity (Wildman–Crippen MR) is 88.4 cm³/mol. The maximum Gasteiger partial charge on any atom is 0.416 e. The van der Waals surface area contributed by atoms with E-state index in [9.17, 15) is 18.0 Å². The topological polar surface area (TPSA) is 23.6 Å². The summed E-state index contributed by atoms with van der Waals surface area (Å²) >= 11 is 0. The third-order valence-corrected chi connectivity index (χ3v) is 4.50. The van der Waals surface area contributed by atoms with E-state index < -0.39 is 11.7 Å². The Morgan fingerprint density at radius 1 is 1.21 bits per heavy atom. The molecule has 132 valence electrons. The van der Waals surface area contributed by atoms with Crippen LogP contribution in [0.5, 0.6) is 0 Å². The number of hydrogen-bond donors (Lipinski definition) is 0. The number of rotatable bonds is 3. The Morgan fingerprint density at radius 3 is 2.33 bits per heavy atom. The Balaban J connectivity index is 2.13. The maximum atomic E-state index is 13.1. The molecular formula is C18H23F3N2O. The van der Waals surface area contributed by atoms with Gasteiger partial charge in [0.05, 0.1) is 5.56 Å². The number of nitrogens with zero attached hydrogens (tertiary/aromatic N) is 2. The lowest BCUT2D eigenvalue weighted by Crippen LogP contribution is -2.44. The molecule has 0 saturated carbocycles. The van der Waals surface area contributed by atoms with Gasteiger partial charge in [0, 0.05) is 25.2 Å². The Bertz CT molecular complexity index is 615. The van der Waals surface area contributed by atoms with Crippen molar-refractivity contribution in [2.45, 2.75) is 32.0 Å². The third-order valence-electron chi connectivity index (χ3n) is 4.50. The van der Waals surface area contributed by atoms with Crippen LogP contribution >= 0.6 is 0 Å². The summed E-state index contributed by atoms with van der Waals surface area (Å²) in [5.74, 6) is -0.221. The van der Waals surface area contributed by atoms with Gasteiger partial charge in [-0.25, -0.2) is 0 Å². The van der Waals surface area contributed by atoms with Crippen LogP contribution in [0.4, 0.5) is 13.2 Å². The Kier molecular flexibility index (Phi) is 5.70. The molecule has 1 saturated heterocycles. The molecule has 1 aliphatic heterocycles. The fourth-order valence-electron chi connectivity index (χ4n) is 3.03. The summed E-state index contributed by atoms with van der Waals surface area (Å²) in [5.41, 5.74) is -0.318. The first-order valence-corrected chi connectivity index (χ1v) is 8.00. The van der Waals surface area contributed by atoms with Crippen LogP contribution < -0.4 is 0 Å². The minimum absolute atomic E-state index is 0.0570. The van der Waals surface area contributed by atoms with Crippen molar-refractivity contribution in [3.8, 4) is 0 Å². The van der Waals surface area contributed by atoms with E-state index in [1.807, 2.05) is 14.1 Å². The van der Waals surface area contributed by atoms with Crippen molar-refractivity contribution in [2.24, 2.45) is 0 Å². The van der Waals surface area contributed by atoms with E-state index in [2.05, 4.69) is 4.90 Å². The van der Waals surface area contributed by atoms with Crippen molar-refractivity contribution in [2.75, 3.05) is 27.2 Å². The number of carbonyl (C=O) groups is 1. The number of hydrogen-bond acceptors (Lipinski definition) is 2. The number of carbonyl (C=O) groups excluding carboxylic acids is 1. The summed E-state index contributed by atoms with van der Waals surface area (Å²) in [6, 6.07) is 5.80. The van der Waals surface area contributed by atoms with Crippen LogP contribution in [-0.4, -0.2) is 48.9 Å². The Labute approximate surface area is 140 Å². The van der Waals surface area contributed by atoms with Gasteiger partial charge in [0.1, 0.15) is 0 Å².